The van der Waals surface area contributed by atoms with Crippen LogP contribution in [0.1, 0.15) is 38.6 Å². The fourth-order valence-electron chi connectivity index (χ4n) is 6.14. The molecule has 1 saturated carbocycles. The van der Waals surface area contributed by atoms with Crippen molar-refractivity contribution in [2.24, 2.45) is 11.1 Å². The highest BCUT2D eigenvalue weighted by Crippen LogP contribution is 2.35. The molecule has 4 heterocycles. The molecule has 1 atom stereocenters. The average molecular weight is 678 g/mol. The maximum absolute atomic E-state index is 7.37. The molecule has 2 fully saturated rings. The monoisotopic (exact) mass is 677 g/mol. The van der Waals surface area contributed by atoms with Crippen molar-refractivity contribution < 1.29 is 18.9 Å². The molecule has 0 radical (unpaired) electrons. The number of anilines is 2. The highest BCUT2D eigenvalue weighted by Gasteiger charge is 2.29. The van der Waals surface area contributed by atoms with E-state index in [9.17, 15) is 0 Å². The lowest BCUT2D eigenvalue weighted by molar-refractivity contribution is -0.485. The van der Waals surface area contributed by atoms with E-state index in [0.717, 1.165) is 69.5 Å². The van der Waals surface area contributed by atoms with Gasteiger partial charge in [0.15, 0.2) is 0 Å². The highest BCUT2D eigenvalue weighted by atomic mass is 35.5. The van der Waals surface area contributed by atoms with Crippen LogP contribution >= 0.6 is 11.6 Å². The standard InChI is InChI=1S/C32H41ClN12O3/c1-23(20-44(22-34)41-35)48-30-17-24(3-8-28(30)33)25-18-36-32(37-19-25)39-29-21-45(40-31(29)47-16-13-43-10-2-9-38-43)27-6-4-26(5-7-27)42-11-14-46-15-12-42/h2-3,8-10,17-19,21-23,26-27,34-35H,4-7,11-16,20H2,1H3,(H,36,37,39)/p+1/t23-,26?,27?/m0/s1. The summed E-state index contributed by atoms with van der Waals surface area (Å²) in [7, 11) is 0. The maximum atomic E-state index is 7.37. The van der Waals surface area contributed by atoms with Gasteiger partial charge in [-0.1, -0.05) is 17.7 Å². The van der Waals surface area contributed by atoms with Crippen LogP contribution in [0.5, 0.6) is 11.6 Å². The molecule has 254 valence electrons. The van der Waals surface area contributed by atoms with Gasteiger partial charge in [-0.25, -0.2) is 15.8 Å². The van der Waals surface area contributed by atoms with E-state index in [1.165, 1.54) is 4.70 Å². The molecule has 16 heteroatoms. The smallest absolute Gasteiger partial charge is 0.257 e. The first-order valence-electron chi connectivity index (χ1n) is 16.2. The number of ether oxygens (including phenoxy) is 3. The van der Waals surface area contributed by atoms with Crippen LogP contribution in [0.4, 0.5) is 11.6 Å². The Morgan fingerprint density at radius 2 is 1.94 bits per heavy atom. The number of nitrogens with two attached hydrogens (primary N) is 1. The summed E-state index contributed by atoms with van der Waals surface area (Å²) < 4.78 is 22.9. The number of hydrogen-bond acceptors (Lipinski definition) is 11. The van der Waals surface area contributed by atoms with E-state index in [0.29, 0.717) is 54.0 Å². The zero-order valence-electron chi connectivity index (χ0n) is 27.0. The van der Waals surface area contributed by atoms with Gasteiger partial charge >= 0.3 is 0 Å². The van der Waals surface area contributed by atoms with E-state index in [-0.39, 0.29) is 12.1 Å². The van der Waals surface area contributed by atoms with Crippen LogP contribution in [0.25, 0.3) is 11.1 Å². The number of halogens is 1. The molecule has 48 heavy (non-hydrogen) atoms. The van der Waals surface area contributed by atoms with Gasteiger partial charge in [0.25, 0.3) is 5.88 Å². The molecular formula is C32H42ClN12O3+. The second kappa shape index (κ2) is 16.0. The average Bonchev–Trinajstić information content (AvgIpc) is 3.79. The topological polar surface area (TPSA) is 170 Å². The van der Waals surface area contributed by atoms with Crippen LogP contribution < -0.4 is 20.6 Å². The first kappa shape index (κ1) is 33.3. The normalized spacial score (nSPS) is 19.5. The minimum Gasteiger partial charge on any atom is -0.486 e. The Kier molecular flexibility index (Phi) is 11.1. The first-order valence-corrected chi connectivity index (χ1v) is 16.6. The lowest BCUT2D eigenvalue weighted by atomic mass is 9.90. The van der Waals surface area contributed by atoms with Crippen LogP contribution in [0.3, 0.4) is 0 Å². The molecule has 4 N–H and O–H groups in total. The summed E-state index contributed by atoms with van der Waals surface area (Å²) in [5.41, 5.74) is 2.33. The highest BCUT2D eigenvalue weighted by molar-refractivity contribution is 6.32. The van der Waals surface area contributed by atoms with E-state index in [2.05, 4.69) is 30.5 Å². The number of nitrogens with one attached hydrogen (secondary N) is 2. The summed E-state index contributed by atoms with van der Waals surface area (Å²) >= 11 is 6.42. The number of hydrogen-bond donors (Lipinski definition) is 3. The zero-order chi connectivity index (χ0) is 33.3. The molecular weight excluding hydrogens is 636 g/mol. The molecule has 4 aromatic rings. The van der Waals surface area contributed by atoms with Gasteiger partial charge in [-0.15, -0.1) is 9.80 Å². The molecule has 1 aliphatic heterocycles. The third-order valence-corrected chi connectivity index (χ3v) is 8.96. The van der Waals surface area contributed by atoms with E-state index in [1.807, 2.05) is 46.9 Å². The Bertz CT molecular complexity index is 1650. The molecule has 1 aliphatic carbocycles. The molecule has 0 bridgehead atoms. The number of nitrogens with zero attached hydrogens (tertiary/aromatic N) is 9. The predicted molar refractivity (Wildman–Crippen MR) is 180 cm³/mol. The number of morpholine rings is 1. The van der Waals surface area contributed by atoms with Crippen LogP contribution in [-0.2, 0) is 11.3 Å². The molecule has 2 aliphatic rings. The minimum atomic E-state index is -0.328. The summed E-state index contributed by atoms with van der Waals surface area (Å²) in [5.74, 6) is 6.72. The van der Waals surface area contributed by atoms with Crippen LogP contribution in [-0.4, -0.2) is 97.1 Å². The van der Waals surface area contributed by atoms with E-state index < -0.39 is 0 Å². The fraction of sp³-hybridized carbons (Fsp3) is 0.469. The van der Waals surface area contributed by atoms with E-state index >= 15 is 0 Å². The molecule has 15 nitrogen and oxygen atoms in total. The van der Waals surface area contributed by atoms with Crippen molar-refractivity contribution in [1.82, 2.24) is 34.4 Å². The van der Waals surface area contributed by atoms with Crippen molar-refractivity contribution in [3.63, 3.8) is 0 Å². The first-order chi connectivity index (χ1) is 23.5. The molecule has 1 aromatic carbocycles. The van der Waals surface area contributed by atoms with Crippen LogP contribution in [0, 0.1) is 5.41 Å². The summed E-state index contributed by atoms with van der Waals surface area (Å²) in [6.07, 6.45) is 14.2. The summed E-state index contributed by atoms with van der Waals surface area (Å²) in [6, 6.07) is 8.27. The third-order valence-electron chi connectivity index (χ3n) is 8.65. The van der Waals surface area contributed by atoms with Crippen LogP contribution in [0.2, 0.25) is 5.02 Å². The fourth-order valence-corrected chi connectivity index (χ4v) is 6.30. The van der Waals surface area contributed by atoms with Crippen molar-refractivity contribution in [1.29, 1.82) is 5.41 Å². The largest absolute Gasteiger partial charge is 0.486 e. The van der Waals surface area contributed by atoms with Crippen LogP contribution in [0.15, 0.2) is 60.5 Å². The molecule has 0 unspecified atom stereocenters. The number of benzene rings is 1. The lowest BCUT2D eigenvalue weighted by Crippen LogP contribution is -2.45. The van der Waals surface area contributed by atoms with Gasteiger partial charge < -0.3 is 19.5 Å². The quantitative estimate of drug-likeness (QED) is 0.0430. The molecule has 6 rings (SSSR count). The number of rotatable bonds is 14. The van der Waals surface area contributed by atoms with Gasteiger partial charge in [-0.05, 0) is 56.4 Å². The Morgan fingerprint density at radius 3 is 2.65 bits per heavy atom. The van der Waals surface area contributed by atoms with Crippen molar-refractivity contribution in [2.75, 3.05) is 44.8 Å². The second-order valence-electron chi connectivity index (χ2n) is 11.9. The summed E-state index contributed by atoms with van der Waals surface area (Å²) in [6.45, 7) is 6.84. The Hall–Kier alpha value is -4.60. The van der Waals surface area contributed by atoms with Crippen molar-refractivity contribution in [2.45, 2.75) is 57.3 Å². The van der Waals surface area contributed by atoms with E-state index in [1.54, 1.807) is 24.7 Å². The van der Waals surface area contributed by atoms with Gasteiger partial charge in [0.1, 0.15) is 30.7 Å². The van der Waals surface area contributed by atoms with Gasteiger partial charge in [0, 0.05) is 54.7 Å². The number of aromatic nitrogens is 6. The SMILES string of the molecule is C[C@@H](C[N+](C=N)=NN)Oc1cc(-c2cnc(Nc3cn(C4CCC(N5CCOCC5)CC4)nc3OCCn3cccn3)nc2)ccc1Cl. The van der Waals surface area contributed by atoms with Crippen molar-refractivity contribution in [3.8, 4) is 22.8 Å². The summed E-state index contributed by atoms with van der Waals surface area (Å²) in [4.78, 5) is 11.8. The molecule has 3 aromatic heterocycles. The minimum absolute atomic E-state index is 0.288. The predicted octanol–water partition coefficient (Wildman–Crippen LogP) is 4.54. The molecule has 0 spiro atoms. The van der Waals surface area contributed by atoms with Gasteiger partial charge in [0.05, 0.1) is 37.0 Å². The second-order valence-corrected chi connectivity index (χ2v) is 12.3. The van der Waals surface area contributed by atoms with Gasteiger partial charge in [0.2, 0.25) is 12.3 Å². The van der Waals surface area contributed by atoms with Crippen molar-refractivity contribution >= 4 is 29.6 Å². The van der Waals surface area contributed by atoms with Gasteiger partial charge in [-0.3, -0.25) is 14.3 Å². The zero-order valence-corrected chi connectivity index (χ0v) is 27.7. The Labute approximate surface area is 284 Å². The molecule has 0 amide bonds. The molecule has 1 saturated heterocycles. The lowest BCUT2D eigenvalue weighted by Gasteiger charge is -2.38. The summed E-state index contributed by atoms with van der Waals surface area (Å²) in [5, 5.41) is 23.8. The van der Waals surface area contributed by atoms with Crippen molar-refractivity contribution in [3.05, 3.63) is 60.3 Å². The Balaban J connectivity index is 1.14. The maximum Gasteiger partial charge on any atom is 0.257 e. The van der Waals surface area contributed by atoms with Gasteiger partial charge in [-0.2, -0.15) is 10.5 Å². The third kappa shape index (κ3) is 8.45. The Morgan fingerprint density at radius 1 is 1.17 bits per heavy atom. The van der Waals surface area contributed by atoms with E-state index in [4.69, 9.17) is 42.2 Å².